The van der Waals surface area contributed by atoms with E-state index in [1.165, 1.54) is 44.9 Å². The van der Waals surface area contributed by atoms with Crippen molar-refractivity contribution in [3.8, 4) is 11.8 Å². The second-order valence-corrected chi connectivity index (χ2v) is 5.51. The fourth-order valence-corrected chi connectivity index (χ4v) is 2.18. The van der Waals surface area contributed by atoms with E-state index in [-0.39, 0.29) is 36.0 Å². The molecule has 3 heteroatoms. The molecular weight excluding hydrogens is 271 g/mol. The van der Waals surface area contributed by atoms with Crippen molar-refractivity contribution in [2.45, 2.75) is 96.8 Å². The monoisotopic (exact) mass is 302 g/mol. The van der Waals surface area contributed by atoms with Crippen molar-refractivity contribution in [1.82, 2.24) is 0 Å². The second-order valence-electron chi connectivity index (χ2n) is 5.51. The van der Waals surface area contributed by atoms with Gasteiger partial charge in [-0.1, -0.05) is 58.3 Å². The number of unbranched alkanes of at least 4 members (excludes halogenated alkanes) is 11. The molecule has 0 N–H and O–H groups in total. The Morgan fingerprint density at radius 2 is 1.19 bits per heavy atom. The maximum atomic E-state index is 10.2. The number of hydrogen-bond acceptors (Lipinski definition) is 2. The van der Waals surface area contributed by atoms with Crippen LogP contribution in [-0.4, -0.2) is 5.97 Å². The van der Waals surface area contributed by atoms with Crippen LogP contribution in [-0.2, 0) is 4.79 Å². The Labute approximate surface area is 153 Å². The Morgan fingerprint density at radius 3 is 1.67 bits per heavy atom. The topological polar surface area (TPSA) is 40.1 Å². The van der Waals surface area contributed by atoms with Gasteiger partial charge in [0, 0.05) is 18.8 Å². The van der Waals surface area contributed by atoms with Crippen molar-refractivity contribution in [2.75, 3.05) is 0 Å². The number of carbonyl (C=O) groups excluding carboxylic acids is 1. The summed E-state index contributed by atoms with van der Waals surface area (Å²) >= 11 is 0. The number of rotatable bonds is 13. The SMILES string of the molecule is CCCCCCCCC#CCCCCCCCC(=O)[O-].[Na+]. The molecule has 0 aromatic heterocycles. The molecule has 21 heavy (non-hydrogen) atoms. The number of aliphatic carboxylic acids is 1. The van der Waals surface area contributed by atoms with Crippen molar-refractivity contribution in [3.05, 3.63) is 0 Å². The largest absolute Gasteiger partial charge is 1.00 e. The van der Waals surface area contributed by atoms with E-state index in [1.807, 2.05) is 0 Å². The molecule has 0 saturated heterocycles. The van der Waals surface area contributed by atoms with Gasteiger partial charge in [-0.25, -0.2) is 0 Å². The molecule has 0 heterocycles. The molecular formula is C18H31NaO2. The summed E-state index contributed by atoms with van der Waals surface area (Å²) in [5, 5.41) is 10.2. The number of carboxylic acids is 1. The van der Waals surface area contributed by atoms with E-state index < -0.39 is 5.97 Å². The molecule has 0 aromatic rings. The van der Waals surface area contributed by atoms with Crippen LogP contribution in [0, 0.1) is 11.8 Å². The fraction of sp³-hybridized carbons (Fsp3) is 0.833. The van der Waals surface area contributed by atoms with Gasteiger partial charge in [0.15, 0.2) is 0 Å². The van der Waals surface area contributed by atoms with E-state index in [0.29, 0.717) is 0 Å². The molecule has 0 bridgehead atoms. The average molecular weight is 302 g/mol. The van der Waals surface area contributed by atoms with Crippen LogP contribution in [0.4, 0.5) is 0 Å². The minimum absolute atomic E-state index is 0. The molecule has 0 radical (unpaired) electrons. The summed E-state index contributed by atoms with van der Waals surface area (Å²) < 4.78 is 0. The van der Waals surface area contributed by atoms with Crippen molar-refractivity contribution in [2.24, 2.45) is 0 Å². The number of carboxylic acid groups (broad SMARTS) is 1. The summed E-state index contributed by atoms with van der Waals surface area (Å²) in [5.74, 6) is 5.57. The van der Waals surface area contributed by atoms with Gasteiger partial charge in [0.05, 0.1) is 0 Å². The Balaban J connectivity index is 0. The summed E-state index contributed by atoms with van der Waals surface area (Å²) in [6, 6.07) is 0. The first-order valence-electron chi connectivity index (χ1n) is 8.43. The smallest absolute Gasteiger partial charge is 0.550 e. The van der Waals surface area contributed by atoms with Gasteiger partial charge in [-0.15, -0.1) is 11.8 Å². The van der Waals surface area contributed by atoms with E-state index in [1.54, 1.807) is 0 Å². The molecule has 0 aliphatic heterocycles. The molecule has 0 saturated carbocycles. The number of hydrogen-bond donors (Lipinski definition) is 0. The van der Waals surface area contributed by atoms with Gasteiger partial charge in [0.1, 0.15) is 0 Å². The van der Waals surface area contributed by atoms with Crippen molar-refractivity contribution >= 4 is 5.97 Å². The van der Waals surface area contributed by atoms with E-state index in [0.717, 1.165) is 38.5 Å². The van der Waals surface area contributed by atoms with Crippen LogP contribution >= 0.6 is 0 Å². The van der Waals surface area contributed by atoms with Gasteiger partial charge in [-0.05, 0) is 25.7 Å². The van der Waals surface area contributed by atoms with Gasteiger partial charge in [0.25, 0.3) is 0 Å². The van der Waals surface area contributed by atoms with E-state index in [9.17, 15) is 9.90 Å². The third-order valence-electron chi connectivity index (χ3n) is 3.46. The van der Waals surface area contributed by atoms with Gasteiger partial charge >= 0.3 is 29.6 Å². The molecule has 0 rings (SSSR count). The van der Waals surface area contributed by atoms with Gasteiger partial charge < -0.3 is 9.90 Å². The van der Waals surface area contributed by atoms with Crippen LogP contribution in [0.5, 0.6) is 0 Å². The van der Waals surface area contributed by atoms with Crippen LogP contribution in [0.25, 0.3) is 0 Å². The zero-order valence-corrected chi connectivity index (χ0v) is 16.2. The first-order chi connectivity index (χ1) is 9.77. The van der Waals surface area contributed by atoms with E-state index in [2.05, 4.69) is 18.8 Å². The maximum Gasteiger partial charge on any atom is 1.00 e. The van der Waals surface area contributed by atoms with Gasteiger partial charge in [-0.3, -0.25) is 0 Å². The molecule has 0 fully saturated rings. The van der Waals surface area contributed by atoms with Crippen LogP contribution < -0.4 is 34.7 Å². The van der Waals surface area contributed by atoms with Crippen LogP contribution in [0.2, 0.25) is 0 Å². The standard InChI is InChI=1S/C18H32O2.Na/c1-2-3-4-5-6-7-8-9-10-11-12-13-14-15-16-17-18(19)20;/h2-8,11-17H2,1H3,(H,19,20);/q;+1/p-1. The normalized spacial score (nSPS) is 9.57. The Bertz CT molecular complexity index is 279. The third kappa shape index (κ3) is 22.5. The Kier molecular flexibility index (Phi) is 22.2. The molecule has 0 aliphatic carbocycles. The summed E-state index contributed by atoms with van der Waals surface area (Å²) in [6.07, 6.45) is 15.4. The minimum atomic E-state index is -0.925. The molecule has 0 aromatic carbocycles. The summed E-state index contributed by atoms with van der Waals surface area (Å²) in [7, 11) is 0. The number of carbonyl (C=O) groups is 1. The summed E-state index contributed by atoms with van der Waals surface area (Å²) in [5.41, 5.74) is 0. The fourth-order valence-electron chi connectivity index (χ4n) is 2.18. The van der Waals surface area contributed by atoms with Crippen LogP contribution in [0.3, 0.4) is 0 Å². The molecule has 2 nitrogen and oxygen atoms in total. The third-order valence-corrected chi connectivity index (χ3v) is 3.46. The molecule has 0 aliphatic rings. The Hall–Kier alpha value is 0.0300. The predicted octanol–water partition coefficient (Wildman–Crippen LogP) is 1.22. The zero-order chi connectivity index (χ0) is 14.9. The zero-order valence-electron chi connectivity index (χ0n) is 14.2. The summed E-state index contributed by atoms with van der Waals surface area (Å²) in [6.45, 7) is 2.24. The minimum Gasteiger partial charge on any atom is -0.550 e. The molecule has 0 unspecified atom stereocenters. The molecule has 116 valence electrons. The van der Waals surface area contributed by atoms with Crippen molar-refractivity contribution < 1.29 is 39.5 Å². The first-order valence-corrected chi connectivity index (χ1v) is 8.43. The van der Waals surface area contributed by atoms with Gasteiger partial charge in [-0.2, -0.15) is 0 Å². The molecule has 0 spiro atoms. The Morgan fingerprint density at radius 1 is 0.762 bits per heavy atom. The average Bonchev–Trinajstić information content (AvgIpc) is 2.43. The van der Waals surface area contributed by atoms with Crippen molar-refractivity contribution in [3.63, 3.8) is 0 Å². The predicted molar refractivity (Wildman–Crippen MR) is 83.1 cm³/mol. The van der Waals surface area contributed by atoms with E-state index in [4.69, 9.17) is 0 Å². The second kappa shape index (κ2) is 20.0. The van der Waals surface area contributed by atoms with Crippen LogP contribution in [0.1, 0.15) is 96.8 Å². The van der Waals surface area contributed by atoms with E-state index >= 15 is 0 Å². The maximum absolute atomic E-state index is 10.2. The summed E-state index contributed by atoms with van der Waals surface area (Å²) in [4.78, 5) is 10.2. The van der Waals surface area contributed by atoms with Crippen molar-refractivity contribution in [1.29, 1.82) is 0 Å². The molecule has 0 atom stereocenters. The quantitative estimate of drug-likeness (QED) is 0.292. The first kappa shape index (κ1) is 23.3. The van der Waals surface area contributed by atoms with Gasteiger partial charge in [0.2, 0.25) is 0 Å². The molecule has 0 amide bonds. The van der Waals surface area contributed by atoms with Crippen LogP contribution in [0.15, 0.2) is 0 Å².